The Kier molecular flexibility index (Phi) is 7.86. The van der Waals surface area contributed by atoms with Gasteiger partial charge in [-0.1, -0.05) is 50.2 Å². The Morgan fingerprint density at radius 2 is 1.80 bits per heavy atom. The van der Waals surface area contributed by atoms with Gasteiger partial charge in [0.2, 0.25) is 5.82 Å². The molecule has 184 valence electrons. The zero-order valence-corrected chi connectivity index (χ0v) is 22.0. The van der Waals surface area contributed by atoms with Crippen molar-refractivity contribution >= 4 is 22.9 Å². The predicted molar refractivity (Wildman–Crippen MR) is 144 cm³/mol. The van der Waals surface area contributed by atoms with E-state index in [1.807, 2.05) is 31.2 Å². The molecule has 0 spiro atoms. The van der Waals surface area contributed by atoms with Crippen LogP contribution in [0.5, 0.6) is 5.75 Å². The molecule has 0 bridgehead atoms. The van der Waals surface area contributed by atoms with Gasteiger partial charge in [0.1, 0.15) is 5.75 Å². The standard InChI is InChI=1S/C28H34N4O2S/c1-6-20-8-10-21(11-9-20)25-24(19(5)32(28(35)29-25)17-16-18(3)4)27-30-26(31-34-27)22-12-14-23(15-13-22)33-7-2/h8-15,18,25H,6-7,16-17H2,1-5H3,(H,29,35). The van der Waals surface area contributed by atoms with E-state index in [1.54, 1.807) is 0 Å². The molecule has 0 fully saturated rings. The number of nitrogens with zero attached hydrogens (tertiary/aromatic N) is 3. The summed E-state index contributed by atoms with van der Waals surface area (Å²) in [5, 5.41) is 8.58. The molecule has 2 heterocycles. The normalized spacial score (nSPS) is 16.1. The lowest BCUT2D eigenvalue weighted by molar-refractivity contribution is 0.340. The summed E-state index contributed by atoms with van der Waals surface area (Å²) in [6.45, 7) is 12.1. The predicted octanol–water partition coefficient (Wildman–Crippen LogP) is 6.41. The summed E-state index contributed by atoms with van der Waals surface area (Å²) in [6, 6.07) is 16.2. The number of ether oxygens (including phenoxy) is 1. The van der Waals surface area contributed by atoms with Gasteiger partial charge < -0.3 is 19.5 Å². The van der Waals surface area contributed by atoms with Crippen LogP contribution in [0.15, 0.2) is 58.8 Å². The lowest BCUT2D eigenvalue weighted by Crippen LogP contribution is -2.46. The minimum atomic E-state index is -0.169. The molecule has 35 heavy (non-hydrogen) atoms. The SMILES string of the molecule is CCOc1ccc(-c2noc(C3=C(C)N(CCC(C)C)C(=S)NC3c3ccc(CC)cc3)n2)cc1. The highest BCUT2D eigenvalue weighted by atomic mass is 32.1. The first-order valence-electron chi connectivity index (χ1n) is 12.4. The van der Waals surface area contributed by atoms with Crippen LogP contribution in [0.3, 0.4) is 0 Å². The molecule has 0 aliphatic carbocycles. The largest absolute Gasteiger partial charge is 0.494 e. The van der Waals surface area contributed by atoms with Crippen LogP contribution in [0.25, 0.3) is 17.0 Å². The van der Waals surface area contributed by atoms with Gasteiger partial charge in [0, 0.05) is 17.8 Å². The molecule has 1 unspecified atom stereocenters. The molecular weight excluding hydrogens is 456 g/mol. The summed E-state index contributed by atoms with van der Waals surface area (Å²) >= 11 is 5.80. The Morgan fingerprint density at radius 1 is 1.09 bits per heavy atom. The minimum absolute atomic E-state index is 0.169. The van der Waals surface area contributed by atoms with Crippen molar-refractivity contribution in [2.45, 2.75) is 53.5 Å². The van der Waals surface area contributed by atoms with E-state index in [0.29, 0.717) is 24.2 Å². The number of aryl methyl sites for hydroxylation is 1. The molecule has 3 aromatic rings. The second-order valence-electron chi connectivity index (χ2n) is 9.19. The number of hydrogen-bond acceptors (Lipinski definition) is 5. The van der Waals surface area contributed by atoms with Crippen LogP contribution in [0.2, 0.25) is 0 Å². The van der Waals surface area contributed by atoms with Gasteiger partial charge in [0.05, 0.1) is 18.2 Å². The minimum Gasteiger partial charge on any atom is -0.494 e. The first-order valence-corrected chi connectivity index (χ1v) is 12.8. The summed E-state index contributed by atoms with van der Waals surface area (Å²) < 4.78 is 11.4. The molecule has 1 aliphatic heterocycles. The average Bonchev–Trinajstić information content (AvgIpc) is 3.34. The second kappa shape index (κ2) is 11.0. The van der Waals surface area contributed by atoms with Gasteiger partial charge in [-0.05, 0) is 80.2 Å². The number of nitrogens with one attached hydrogen (secondary N) is 1. The van der Waals surface area contributed by atoms with E-state index in [4.69, 9.17) is 26.5 Å². The maximum atomic E-state index is 5.85. The van der Waals surface area contributed by atoms with E-state index in [-0.39, 0.29) is 6.04 Å². The molecule has 1 atom stereocenters. The molecule has 1 aliphatic rings. The lowest BCUT2D eigenvalue weighted by Gasteiger charge is -2.37. The Balaban J connectivity index is 1.73. The summed E-state index contributed by atoms with van der Waals surface area (Å²) in [4.78, 5) is 6.96. The highest BCUT2D eigenvalue weighted by Gasteiger charge is 2.34. The summed E-state index contributed by atoms with van der Waals surface area (Å²) in [6.07, 6.45) is 2.03. The fourth-order valence-corrected chi connectivity index (χ4v) is 4.57. The number of aromatic nitrogens is 2. The van der Waals surface area contributed by atoms with Crippen LogP contribution in [0, 0.1) is 5.92 Å². The number of rotatable bonds is 9. The average molecular weight is 491 g/mol. The van der Waals surface area contributed by atoms with Crippen molar-refractivity contribution in [3.05, 3.63) is 71.2 Å². The van der Waals surface area contributed by atoms with Crippen molar-refractivity contribution < 1.29 is 9.26 Å². The maximum absolute atomic E-state index is 5.85. The van der Waals surface area contributed by atoms with Gasteiger partial charge in [-0.25, -0.2) is 0 Å². The third kappa shape index (κ3) is 5.56. The summed E-state index contributed by atoms with van der Waals surface area (Å²) in [7, 11) is 0. The van der Waals surface area contributed by atoms with E-state index in [2.05, 4.69) is 67.3 Å². The Morgan fingerprint density at radius 3 is 2.43 bits per heavy atom. The molecule has 0 radical (unpaired) electrons. The quantitative estimate of drug-likeness (QED) is 0.348. The molecule has 2 aromatic carbocycles. The van der Waals surface area contributed by atoms with E-state index in [9.17, 15) is 0 Å². The highest BCUT2D eigenvalue weighted by molar-refractivity contribution is 7.80. The van der Waals surface area contributed by atoms with Gasteiger partial charge in [-0.15, -0.1) is 0 Å². The molecule has 7 heteroatoms. The maximum Gasteiger partial charge on any atom is 0.258 e. The van der Waals surface area contributed by atoms with E-state index < -0.39 is 0 Å². The van der Waals surface area contributed by atoms with Crippen LogP contribution < -0.4 is 10.1 Å². The Hall–Kier alpha value is -3.19. The highest BCUT2D eigenvalue weighted by Crippen LogP contribution is 2.37. The molecule has 4 rings (SSSR count). The van der Waals surface area contributed by atoms with E-state index in [1.165, 1.54) is 5.56 Å². The molecular formula is C28H34N4O2S. The van der Waals surface area contributed by atoms with Gasteiger partial charge >= 0.3 is 0 Å². The Bertz CT molecular complexity index is 1180. The van der Waals surface area contributed by atoms with Crippen molar-refractivity contribution in [2.24, 2.45) is 5.92 Å². The first-order chi connectivity index (χ1) is 16.9. The van der Waals surface area contributed by atoms with Crippen LogP contribution >= 0.6 is 12.2 Å². The topological polar surface area (TPSA) is 63.4 Å². The van der Waals surface area contributed by atoms with Crippen LogP contribution in [0.4, 0.5) is 0 Å². The molecule has 6 nitrogen and oxygen atoms in total. The van der Waals surface area contributed by atoms with E-state index >= 15 is 0 Å². The third-order valence-corrected chi connectivity index (χ3v) is 6.67. The Labute approximate surface area is 213 Å². The van der Waals surface area contributed by atoms with Crippen molar-refractivity contribution in [3.8, 4) is 17.1 Å². The van der Waals surface area contributed by atoms with Gasteiger partial charge in [-0.3, -0.25) is 0 Å². The summed E-state index contributed by atoms with van der Waals surface area (Å²) in [5.41, 5.74) is 5.28. The fraction of sp³-hybridized carbons (Fsp3) is 0.393. The zero-order chi connectivity index (χ0) is 24.9. The van der Waals surface area contributed by atoms with Crippen LogP contribution in [0.1, 0.15) is 64.1 Å². The van der Waals surface area contributed by atoms with Crippen molar-refractivity contribution in [3.63, 3.8) is 0 Å². The number of allylic oxidation sites excluding steroid dienone is 1. The first kappa shape index (κ1) is 24.9. The van der Waals surface area contributed by atoms with Crippen LogP contribution in [-0.2, 0) is 6.42 Å². The van der Waals surface area contributed by atoms with Gasteiger partial charge in [-0.2, -0.15) is 4.98 Å². The second-order valence-corrected chi connectivity index (χ2v) is 9.58. The third-order valence-electron chi connectivity index (χ3n) is 6.33. The lowest BCUT2D eigenvalue weighted by atomic mass is 9.93. The van der Waals surface area contributed by atoms with Crippen molar-refractivity contribution in [2.75, 3.05) is 13.2 Å². The summed E-state index contributed by atoms with van der Waals surface area (Å²) in [5.74, 6) is 2.44. The number of hydrogen-bond donors (Lipinski definition) is 1. The van der Waals surface area contributed by atoms with Crippen LogP contribution in [-0.4, -0.2) is 33.3 Å². The molecule has 1 N–H and O–H groups in total. The van der Waals surface area contributed by atoms with Gasteiger partial charge in [0.15, 0.2) is 5.11 Å². The number of thiocarbonyl (C=S) groups is 1. The van der Waals surface area contributed by atoms with Crippen molar-refractivity contribution in [1.29, 1.82) is 0 Å². The molecule has 0 amide bonds. The monoisotopic (exact) mass is 490 g/mol. The number of benzene rings is 2. The zero-order valence-electron chi connectivity index (χ0n) is 21.2. The molecule has 1 aromatic heterocycles. The molecule has 0 saturated carbocycles. The molecule has 0 saturated heterocycles. The van der Waals surface area contributed by atoms with Gasteiger partial charge in [0.25, 0.3) is 5.89 Å². The fourth-order valence-electron chi connectivity index (χ4n) is 4.23. The smallest absolute Gasteiger partial charge is 0.258 e. The van der Waals surface area contributed by atoms with Crippen molar-refractivity contribution in [1.82, 2.24) is 20.4 Å². The van der Waals surface area contributed by atoms with E-state index in [0.717, 1.165) is 52.6 Å².